The summed E-state index contributed by atoms with van der Waals surface area (Å²) in [6.07, 6.45) is 3.00. The van der Waals surface area contributed by atoms with Gasteiger partial charge in [-0.25, -0.2) is 9.18 Å². The molecule has 4 heteroatoms. The van der Waals surface area contributed by atoms with Crippen molar-refractivity contribution in [3.05, 3.63) is 0 Å². The van der Waals surface area contributed by atoms with E-state index in [0.717, 1.165) is 19.3 Å². The maximum Gasteiger partial charge on any atom is 0.413 e. The van der Waals surface area contributed by atoms with E-state index in [2.05, 4.69) is 0 Å². The SMILES string of the molecule is CC(C)(C)OC(=O)N1C2CCCC1(F)CC2. The van der Waals surface area contributed by atoms with E-state index in [1.54, 1.807) is 0 Å². The van der Waals surface area contributed by atoms with Gasteiger partial charge in [0, 0.05) is 18.9 Å². The average Bonchev–Trinajstić information content (AvgIpc) is 2.30. The summed E-state index contributed by atoms with van der Waals surface area (Å²) in [6.45, 7) is 5.42. The van der Waals surface area contributed by atoms with Crippen LogP contribution in [0.25, 0.3) is 0 Å². The monoisotopic (exact) mass is 229 g/mol. The van der Waals surface area contributed by atoms with Crippen molar-refractivity contribution in [3.8, 4) is 0 Å². The zero-order valence-corrected chi connectivity index (χ0v) is 10.3. The summed E-state index contributed by atoms with van der Waals surface area (Å²) in [6, 6.07) is 0.0496. The van der Waals surface area contributed by atoms with Crippen molar-refractivity contribution in [2.75, 3.05) is 0 Å². The van der Waals surface area contributed by atoms with E-state index in [4.69, 9.17) is 4.74 Å². The van der Waals surface area contributed by atoms with Crippen molar-refractivity contribution in [1.29, 1.82) is 0 Å². The van der Waals surface area contributed by atoms with Gasteiger partial charge in [-0.1, -0.05) is 0 Å². The van der Waals surface area contributed by atoms with Gasteiger partial charge in [0.15, 0.2) is 5.79 Å². The van der Waals surface area contributed by atoms with E-state index >= 15 is 0 Å². The fourth-order valence-corrected chi connectivity index (χ4v) is 2.72. The molecule has 0 N–H and O–H groups in total. The van der Waals surface area contributed by atoms with E-state index in [9.17, 15) is 9.18 Å². The average molecular weight is 229 g/mol. The Morgan fingerprint density at radius 2 is 2.06 bits per heavy atom. The Morgan fingerprint density at radius 3 is 2.62 bits per heavy atom. The number of piperidine rings is 1. The maximum absolute atomic E-state index is 14.5. The minimum absolute atomic E-state index is 0.0496. The zero-order chi connectivity index (χ0) is 12.0. The van der Waals surface area contributed by atoms with Gasteiger partial charge in [0.25, 0.3) is 0 Å². The smallest absolute Gasteiger partial charge is 0.413 e. The lowest BCUT2D eigenvalue weighted by atomic mass is 10.0. The highest BCUT2D eigenvalue weighted by atomic mass is 19.1. The third-order valence-corrected chi connectivity index (χ3v) is 3.34. The van der Waals surface area contributed by atoms with Gasteiger partial charge in [0.2, 0.25) is 0 Å². The molecule has 2 atom stereocenters. The molecule has 2 rings (SSSR count). The molecule has 2 bridgehead atoms. The Hall–Kier alpha value is -0.800. The minimum Gasteiger partial charge on any atom is -0.444 e. The first kappa shape index (κ1) is 11.7. The van der Waals surface area contributed by atoms with Crippen molar-refractivity contribution in [2.24, 2.45) is 0 Å². The summed E-state index contributed by atoms with van der Waals surface area (Å²) in [5.74, 6) is -1.44. The lowest BCUT2D eigenvalue weighted by Gasteiger charge is -2.39. The predicted molar refractivity (Wildman–Crippen MR) is 58.8 cm³/mol. The molecule has 3 nitrogen and oxygen atoms in total. The van der Waals surface area contributed by atoms with E-state index in [0.29, 0.717) is 12.8 Å². The maximum atomic E-state index is 14.5. The van der Waals surface area contributed by atoms with Crippen LogP contribution in [0.5, 0.6) is 0 Å². The van der Waals surface area contributed by atoms with E-state index in [-0.39, 0.29) is 6.04 Å². The number of carbonyl (C=O) groups excluding carboxylic acids is 1. The summed E-state index contributed by atoms with van der Waals surface area (Å²) in [5.41, 5.74) is -0.551. The number of nitrogens with zero attached hydrogens (tertiary/aromatic N) is 1. The molecule has 0 aliphatic carbocycles. The van der Waals surface area contributed by atoms with Crippen molar-refractivity contribution in [3.63, 3.8) is 0 Å². The Balaban J connectivity index is 2.12. The van der Waals surface area contributed by atoms with Crippen molar-refractivity contribution in [2.45, 2.75) is 70.3 Å². The number of carbonyl (C=O) groups is 1. The number of hydrogen-bond acceptors (Lipinski definition) is 2. The highest BCUT2D eigenvalue weighted by molar-refractivity contribution is 5.70. The number of fused-ring (bicyclic) bond motifs is 2. The third kappa shape index (κ3) is 2.02. The van der Waals surface area contributed by atoms with E-state index < -0.39 is 17.5 Å². The molecule has 0 aromatic heterocycles. The van der Waals surface area contributed by atoms with Gasteiger partial charge in [-0.3, -0.25) is 4.90 Å². The molecule has 2 saturated heterocycles. The molecule has 0 spiro atoms. The number of halogens is 1. The third-order valence-electron chi connectivity index (χ3n) is 3.34. The molecule has 2 fully saturated rings. The highest BCUT2D eigenvalue weighted by Gasteiger charge is 2.52. The summed E-state index contributed by atoms with van der Waals surface area (Å²) < 4.78 is 19.7. The topological polar surface area (TPSA) is 29.5 Å². The van der Waals surface area contributed by atoms with Gasteiger partial charge in [-0.15, -0.1) is 0 Å². The molecule has 0 aromatic carbocycles. The Bertz CT molecular complexity index is 296. The van der Waals surface area contributed by atoms with Crippen LogP contribution in [0.15, 0.2) is 0 Å². The van der Waals surface area contributed by atoms with Gasteiger partial charge in [0.1, 0.15) is 5.60 Å². The van der Waals surface area contributed by atoms with Crippen LogP contribution >= 0.6 is 0 Å². The Morgan fingerprint density at radius 1 is 1.38 bits per heavy atom. The Labute approximate surface area is 95.9 Å². The van der Waals surface area contributed by atoms with E-state index in [1.165, 1.54) is 4.90 Å². The second-order valence-electron chi connectivity index (χ2n) is 5.85. The normalized spacial score (nSPS) is 34.0. The van der Waals surface area contributed by atoms with Crippen LogP contribution in [0, 0.1) is 0 Å². The zero-order valence-electron chi connectivity index (χ0n) is 10.3. The molecular formula is C12H20FNO2. The lowest BCUT2D eigenvalue weighted by molar-refractivity contribution is -0.0637. The van der Waals surface area contributed by atoms with Crippen LogP contribution in [-0.4, -0.2) is 28.4 Å². The minimum atomic E-state index is -1.44. The quantitative estimate of drug-likeness (QED) is 0.597. The summed E-state index contributed by atoms with van der Waals surface area (Å²) >= 11 is 0. The molecule has 2 aliphatic rings. The first-order valence-electron chi connectivity index (χ1n) is 6.03. The van der Waals surface area contributed by atoms with Crippen LogP contribution in [0.1, 0.15) is 52.9 Å². The molecule has 2 aliphatic heterocycles. The first-order chi connectivity index (χ1) is 7.32. The molecule has 2 unspecified atom stereocenters. The fraction of sp³-hybridized carbons (Fsp3) is 0.917. The number of ether oxygens (including phenoxy) is 1. The largest absolute Gasteiger partial charge is 0.444 e. The van der Waals surface area contributed by atoms with E-state index in [1.807, 2.05) is 20.8 Å². The van der Waals surface area contributed by atoms with Crippen molar-refractivity contribution < 1.29 is 13.9 Å². The summed E-state index contributed by atoms with van der Waals surface area (Å²) in [7, 11) is 0. The molecule has 0 saturated carbocycles. The highest BCUT2D eigenvalue weighted by Crippen LogP contribution is 2.45. The van der Waals surface area contributed by atoms with Crippen LogP contribution in [0.2, 0.25) is 0 Å². The van der Waals surface area contributed by atoms with Crippen LogP contribution in [0.4, 0.5) is 9.18 Å². The number of hydrogen-bond donors (Lipinski definition) is 0. The molecule has 2 heterocycles. The van der Waals surface area contributed by atoms with Crippen molar-refractivity contribution in [1.82, 2.24) is 4.90 Å². The molecular weight excluding hydrogens is 209 g/mol. The molecule has 92 valence electrons. The standard InChI is InChI=1S/C12H20FNO2/c1-11(2,3)16-10(15)14-9-5-4-7-12(14,13)8-6-9/h9H,4-8H2,1-3H3. The van der Waals surface area contributed by atoms with Gasteiger partial charge >= 0.3 is 6.09 Å². The van der Waals surface area contributed by atoms with Crippen LogP contribution in [-0.2, 0) is 4.74 Å². The summed E-state index contributed by atoms with van der Waals surface area (Å²) in [5, 5.41) is 0. The summed E-state index contributed by atoms with van der Waals surface area (Å²) in [4.78, 5) is 13.3. The van der Waals surface area contributed by atoms with Crippen LogP contribution < -0.4 is 0 Å². The molecule has 0 aromatic rings. The lowest BCUT2D eigenvalue weighted by Crippen LogP contribution is -2.52. The van der Waals surface area contributed by atoms with Gasteiger partial charge in [0.05, 0.1) is 0 Å². The predicted octanol–water partition coefficient (Wildman–Crippen LogP) is 3.24. The fourth-order valence-electron chi connectivity index (χ4n) is 2.72. The Kier molecular flexibility index (Phi) is 2.63. The second kappa shape index (κ2) is 3.60. The number of alkyl halides is 1. The van der Waals surface area contributed by atoms with Gasteiger partial charge in [-0.2, -0.15) is 0 Å². The number of rotatable bonds is 0. The first-order valence-corrected chi connectivity index (χ1v) is 6.03. The second-order valence-corrected chi connectivity index (χ2v) is 5.85. The van der Waals surface area contributed by atoms with Crippen LogP contribution in [0.3, 0.4) is 0 Å². The van der Waals surface area contributed by atoms with Crippen molar-refractivity contribution >= 4 is 6.09 Å². The van der Waals surface area contributed by atoms with Gasteiger partial charge < -0.3 is 4.74 Å². The van der Waals surface area contributed by atoms with Gasteiger partial charge in [-0.05, 0) is 40.0 Å². The molecule has 0 radical (unpaired) electrons. The molecule has 16 heavy (non-hydrogen) atoms. The molecule has 1 amide bonds. The number of amides is 1.